The highest BCUT2D eigenvalue weighted by Crippen LogP contribution is 2.63. The molecule has 2 atom stereocenters. The average Bonchev–Trinajstić information content (AvgIpc) is 3.39. The van der Waals surface area contributed by atoms with Gasteiger partial charge in [-0.15, -0.1) is 0 Å². The first-order chi connectivity index (χ1) is 13.4. The summed E-state index contributed by atoms with van der Waals surface area (Å²) in [5, 5.41) is 2.85. The molecule has 4 rings (SSSR count). The van der Waals surface area contributed by atoms with Gasteiger partial charge in [0.1, 0.15) is 6.04 Å². The maximum Gasteiger partial charge on any atom is 0.248 e. The van der Waals surface area contributed by atoms with Crippen molar-refractivity contribution in [2.45, 2.75) is 63.3 Å². The number of aromatic nitrogens is 1. The van der Waals surface area contributed by atoms with Gasteiger partial charge in [-0.1, -0.05) is 6.07 Å². The van der Waals surface area contributed by atoms with Crippen molar-refractivity contribution in [3.05, 3.63) is 30.1 Å². The van der Waals surface area contributed by atoms with Crippen molar-refractivity contribution < 1.29 is 18.4 Å². The second kappa shape index (κ2) is 7.41. The van der Waals surface area contributed by atoms with Gasteiger partial charge in [-0.3, -0.25) is 14.6 Å². The molecule has 1 aromatic rings. The largest absolute Gasteiger partial charge is 0.344 e. The molecule has 1 N–H and O–H groups in total. The molecule has 2 aliphatic carbocycles. The molecule has 3 aliphatic rings. The number of nitrogens with zero attached hydrogens (tertiary/aromatic N) is 2. The van der Waals surface area contributed by atoms with E-state index in [1.165, 1.54) is 0 Å². The molecule has 0 aromatic carbocycles. The summed E-state index contributed by atoms with van der Waals surface area (Å²) in [5.74, 6) is -2.39. The third-order valence-electron chi connectivity index (χ3n) is 6.75. The Labute approximate surface area is 163 Å². The summed E-state index contributed by atoms with van der Waals surface area (Å²) < 4.78 is 27.0. The topological polar surface area (TPSA) is 62.3 Å². The molecule has 28 heavy (non-hydrogen) atoms. The molecule has 2 heterocycles. The monoisotopic (exact) mass is 391 g/mol. The number of halogens is 2. The minimum absolute atomic E-state index is 0.00480. The molecule has 1 spiro atoms. The van der Waals surface area contributed by atoms with Crippen molar-refractivity contribution in [1.82, 2.24) is 15.2 Å². The number of carbonyl (C=O) groups excluding carboxylic acids is 2. The summed E-state index contributed by atoms with van der Waals surface area (Å²) >= 11 is 0. The summed E-state index contributed by atoms with van der Waals surface area (Å²) in [5.41, 5.74) is 0.888. The van der Waals surface area contributed by atoms with Crippen molar-refractivity contribution in [3.8, 4) is 0 Å². The van der Waals surface area contributed by atoms with E-state index in [4.69, 9.17) is 0 Å². The van der Waals surface area contributed by atoms with Gasteiger partial charge in [0.15, 0.2) is 0 Å². The maximum atomic E-state index is 13.5. The zero-order valence-corrected chi connectivity index (χ0v) is 16.0. The molecule has 2 amide bonds. The second-order valence-electron chi connectivity index (χ2n) is 8.63. The van der Waals surface area contributed by atoms with Gasteiger partial charge in [-0.05, 0) is 55.6 Å². The smallest absolute Gasteiger partial charge is 0.248 e. The fraction of sp³-hybridized carbons (Fsp3) is 0.667. The lowest BCUT2D eigenvalue weighted by Crippen LogP contribution is -2.45. The second-order valence-corrected chi connectivity index (χ2v) is 8.63. The number of nitrogens with one attached hydrogen (secondary N) is 1. The summed E-state index contributed by atoms with van der Waals surface area (Å²) in [6.07, 6.45) is 5.09. The van der Waals surface area contributed by atoms with E-state index in [2.05, 4.69) is 10.3 Å². The first-order valence-electron chi connectivity index (χ1n) is 10.2. The molecular weight excluding hydrogens is 364 g/mol. The Morgan fingerprint density at radius 3 is 2.68 bits per heavy atom. The lowest BCUT2D eigenvalue weighted by Gasteiger charge is -2.31. The molecule has 0 bridgehead atoms. The van der Waals surface area contributed by atoms with Crippen LogP contribution >= 0.6 is 0 Å². The average molecular weight is 391 g/mol. The Kier molecular flexibility index (Phi) is 5.10. The van der Waals surface area contributed by atoms with Crippen LogP contribution in [0.15, 0.2) is 24.4 Å². The van der Waals surface area contributed by atoms with Crippen LogP contribution in [-0.4, -0.2) is 46.8 Å². The summed E-state index contributed by atoms with van der Waals surface area (Å²) in [4.78, 5) is 31.2. The maximum absolute atomic E-state index is 13.5. The van der Waals surface area contributed by atoms with Crippen molar-refractivity contribution >= 4 is 11.8 Å². The molecule has 1 aromatic heterocycles. The quantitative estimate of drug-likeness (QED) is 0.840. The fourth-order valence-corrected chi connectivity index (χ4v) is 4.79. The molecule has 0 radical (unpaired) electrons. The third-order valence-corrected chi connectivity index (χ3v) is 6.75. The predicted molar refractivity (Wildman–Crippen MR) is 99.6 cm³/mol. The minimum Gasteiger partial charge on any atom is -0.344 e. The van der Waals surface area contributed by atoms with Gasteiger partial charge in [0.2, 0.25) is 17.7 Å². The molecule has 3 fully saturated rings. The molecule has 2 saturated carbocycles. The van der Waals surface area contributed by atoms with Gasteiger partial charge in [0.25, 0.3) is 0 Å². The number of hydrogen-bond donors (Lipinski definition) is 1. The van der Waals surface area contributed by atoms with Gasteiger partial charge < -0.3 is 10.2 Å². The van der Waals surface area contributed by atoms with Gasteiger partial charge >= 0.3 is 0 Å². The van der Waals surface area contributed by atoms with Crippen LogP contribution in [0.25, 0.3) is 0 Å². The highest BCUT2D eigenvalue weighted by atomic mass is 19.3. The molecule has 1 saturated heterocycles. The highest BCUT2D eigenvalue weighted by Gasteiger charge is 2.58. The molecule has 1 aliphatic heterocycles. The van der Waals surface area contributed by atoms with Crippen LogP contribution < -0.4 is 5.32 Å². The summed E-state index contributed by atoms with van der Waals surface area (Å²) in [6.45, 7) is 0.993. The van der Waals surface area contributed by atoms with Gasteiger partial charge in [0.05, 0.1) is 0 Å². The number of pyridine rings is 1. The van der Waals surface area contributed by atoms with E-state index in [0.29, 0.717) is 45.2 Å². The number of alkyl halides is 2. The number of carbonyl (C=O) groups is 2. The molecule has 7 heteroatoms. The van der Waals surface area contributed by atoms with Crippen molar-refractivity contribution in [2.24, 2.45) is 11.3 Å². The lowest BCUT2D eigenvalue weighted by molar-refractivity contribution is -0.134. The lowest BCUT2D eigenvalue weighted by atomic mass is 9.82. The van der Waals surface area contributed by atoms with Crippen LogP contribution in [0.5, 0.6) is 0 Å². The zero-order valence-electron chi connectivity index (χ0n) is 16.0. The van der Waals surface area contributed by atoms with Crippen molar-refractivity contribution in [1.29, 1.82) is 0 Å². The van der Waals surface area contributed by atoms with E-state index in [9.17, 15) is 18.4 Å². The third kappa shape index (κ3) is 4.18. The van der Waals surface area contributed by atoms with E-state index in [0.717, 1.165) is 12.1 Å². The van der Waals surface area contributed by atoms with E-state index in [1.54, 1.807) is 11.1 Å². The normalized spacial score (nSPS) is 28.7. The van der Waals surface area contributed by atoms with Gasteiger partial charge in [0, 0.05) is 44.2 Å². The minimum atomic E-state index is -2.52. The Hall–Kier alpha value is -2.05. The number of aryl methyl sites for hydroxylation is 1. The van der Waals surface area contributed by atoms with Gasteiger partial charge in [-0.25, -0.2) is 8.78 Å². The van der Waals surface area contributed by atoms with E-state index in [-0.39, 0.29) is 36.0 Å². The SMILES string of the molecule is O=C1CCN(CC2CC23CCC(F)(F)CC3)C(=O)C(CCc2ccccn2)N1. The van der Waals surface area contributed by atoms with Crippen LogP contribution in [0.4, 0.5) is 8.78 Å². The Morgan fingerprint density at radius 2 is 1.96 bits per heavy atom. The summed E-state index contributed by atoms with van der Waals surface area (Å²) in [6, 6.07) is 5.12. The van der Waals surface area contributed by atoms with E-state index in [1.807, 2.05) is 18.2 Å². The van der Waals surface area contributed by atoms with Gasteiger partial charge in [-0.2, -0.15) is 0 Å². The molecule has 2 unspecified atom stereocenters. The van der Waals surface area contributed by atoms with Crippen LogP contribution in [-0.2, 0) is 16.0 Å². The number of rotatable bonds is 5. The Morgan fingerprint density at radius 1 is 1.18 bits per heavy atom. The standard InChI is InChI=1S/C21H27F2N3O2/c22-21(23)9-7-20(8-10-21)13-15(20)14-26-12-6-18(27)25-17(19(26)28)5-4-16-3-1-2-11-24-16/h1-3,11,15,17H,4-10,12-14H2,(H,25,27). The van der Waals surface area contributed by atoms with Crippen molar-refractivity contribution in [2.75, 3.05) is 13.1 Å². The predicted octanol–water partition coefficient (Wildman–Crippen LogP) is 2.95. The molecular formula is C21H27F2N3O2. The van der Waals surface area contributed by atoms with Crippen LogP contribution in [0, 0.1) is 11.3 Å². The summed E-state index contributed by atoms with van der Waals surface area (Å²) in [7, 11) is 0. The van der Waals surface area contributed by atoms with Crippen LogP contribution in [0.1, 0.15) is 50.6 Å². The van der Waals surface area contributed by atoms with E-state index >= 15 is 0 Å². The van der Waals surface area contributed by atoms with E-state index < -0.39 is 12.0 Å². The first kappa shape index (κ1) is 19.3. The molecule has 152 valence electrons. The van der Waals surface area contributed by atoms with Crippen molar-refractivity contribution in [3.63, 3.8) is 0 Å². The Bertz CT molecular complexity index is 730. The number of hydrogen-bond acceptors (Lipinski definition) is 3. The van der Waals surface area contributed by atoms with Crippen LogP contribution in [0.2, 0.25) is 0 Å². The fourth-order valence-electron chi connectivity index (χ4n) is 4.79. The van der Waals surface area contributed by atoms with Crippen LogP contribution in [0.3, 0.4) is 0 Å². The first-order valence-corrected chi connectivity index (χ1v) is 10.2. The Balaban J connectivity index is 1.36. The highest BCUT2D eigenvalue weighted by molar-refractivity contribution is 5.90. The molecule has 5 nitrogen and oxygen atoms in total. The zero-order chi connectivity index (χ0) is 19.8. The number of amides is 2.